The van der Waals surface area contributed by atoms with Gasteiger partial charge in [0.1, 0.15) is 12.6 Å². The van der Waals surface area contributed by atoms with Crippen molar-refractivity contribution in [3.8, 4) is 0 Å². The highest BCUT2D eigenvalue weighted by molar-refractivity contribution is 9.10. The largest absolute Gasteiger partial charge is 0.352 e. The van der Waals surface area contributed by atoms with Crippen LogP contribution in [0.1, 0.15) is 32.8 Å². The van der Waals surface area contributed by atoms with Gasteiger partial charge in [0.05, 0.1) is 11.9 Å². The molecule has 0 saturated heterocycles. The Morgan fingerprint density at radius 2 is 1.76 bits per heavy atom. The van der Waals surface area contributed by atoms with Gasteiger partial charge in [0.15, 0.2) is 0 Å². The third kappa shape index (κ3) is 8.01. The van der Waals surface area contributed by atoms with Gasteiger partial charge >= 0.3 is 0 Å². The van der Waals surface area contributed by atoms with E-state index >= 15 is 0 Å². The number of anilines is 1. The molecule has 2 aromatic carbocycles. The lowest BCUT2D eigenvalue weighted by Crippen LogP contribution is -2.53. The Morgan fingerprint density at radius 3 is 2.27 bits per heavy atom. The van der Waals surface area contributed by atoms with E-state index in [9.17, 15) is 18.0 Å². The van der Waals surface area contributed by atoms with E-state index in [1.165, 1.54) is 4.90 Å². The maximum Gasteiger partial charge on any atom is 0.244 e. The summed E-state index contributed by atoms with van der Waals surface area (Å²) in [7, 11) is -3.77. The fourth-order valence-corrected chi connectivity index (χ4v) is 4.69. The minimum atomic E-state index is -3.77. The number of carbonyl (C=O) groups excluding carboxylic acids is 2. The number of hydrogen-bond acceptors (Lipinski definition) is 4. The van der Waals surface area contributed by atoms with Gasteiger partial charge in [-0.15, -0.1) is 0 Å². The molecule has 180 valence electrons. The van der Waals surface area contributed by atoms with Crippen molar-refractivity contribution < 1.29 is 18.0 Å². The second-order valence-electron chi connectivity index (χ2n) is 7.98. The molecule has 0 aromatic heterocycles. The minimum Gasteiger partial charge on any atom is -0.352 e. The zero-order valence-electron chi connectivity index (χ0n) is 19.1. The highest BCUT2D eigenvalue weighted by Gasteiger charge is 2.32. The lowest BCUT2D eigenvalue weighted by Gasteiger charge is -2.33. The second-order valence-corrected chi connectivity index (χ2v) is 11.2. The van der Waals surface area contributed by atoms with Crippen LogP contribution in [0.15, 0.2) is 53.0 Å². The van der Waals surface area contributed by atoms with Gasteiger partial charge in [-0.1, -0.05) is 52.7 Å². The predicted molar refractivity (Wildman–Crippen MR) is 136 cm³/mol. The fourth-order valence-electron chi connectivity index (χ4n) is 3.33. The Bertz CT molecular complexity index is 1080. The van der Waals surface area contributed by atoms with Gasteiger partial charge < -0.3 is 10.2 Å². The van der Waals surface area contributed by atoms with E-state index in [1.807, 2.05) is 20.8 Å². The average Bonchev–Trinajstić information content (AvgIpc) is 2.71. The van der Waals surface area contributed by atoms with Crippen molar-refractivity contribution in [2.45, 2.75) is 45.8 Å². The van der Waals surface area contributed by atoms with Gasteiger partial charge in [-0.25, -0.2) is 8.42 Å². The fraction of sp³-hybridized carbons (Fsp3) is 0.391. The Hall–Kier alpha value is -2.10. The number of benzene rings is 2. The first-order valence-electron chi connectivity index (χ1n) is 10.5. The number of amides is 2. The third-order valence-corrected chi connectivity index (χ3v) is 6.74. The molecule has 2 amide bonds. The van der Waals surface area contributed by atoms with Crippen LogP contribution in [0.2, 0.25) is 5.02 Å². The number of nitrogens with one attached hydrogen (secondary N) is 1. The summed E-state index contributed by atoms with van der Waals surface area (Å²) in [6.07, 6.45) is 1.42. The zero-order valence-corrected chi connectivity index (χ0v) is 22.2. The smallest absolute Gasteiger partial charge is 0.244 e. The molecule has 0 unspecified atom stereocenters. The summed E-state index contributed by atoms with van der Waals surface area (Å²) in [5.41, 5.74) is 1.13. The predicted octanol–water partition coefficient (Wildman–Crippen LogP) is 4.20. The molecule has 7 nitrogen and oxygen atoms in total. The molecular formula is C23H29BrClN3O4S. The number of sulfonamides is 1. The summed E-state index contributed by atoms with van der Waals surface area (Å²) in [6, 6.07) is 12.8. The molecule has 2 aromatic rings. The summed E-state index contributed by atoms with van der Waals surface area (Å²) in [5, 5.41) is 3.41. The van der Waals surface area contributed by atoms with Crippen molar-refractivity contribution in [2.75, 3.05) is 17.1 Å². The molecule has 0 aliphatic heterocycles. The molecule has 1 N–H and O–H groups in total. The highest BCUT2D eigenvalue weighted by Crippen LogP contribution is 2.23. The van der Waals surface area contributed by atoms with Crippen molar-refractivity contribution in [2.24, 2.45) is 0 Å². The van der Waals surface area contributed by atoms with Crippen molar-refractivity contribution in [1.82, 2.24) is 10.2 Å². The first-order chi connectivity index (χ1) is 15.4. The van der Waals surface area contributed by atoms with Gasteiger partial charge in [-0.3, -0.25) is 13.9 Å². The minimum absolute atomic E-state index is 0.103. The molecule has 0 radical (unpaired) electrons. The van der Waals surface area contributed by atoms with Crippen LogP contribution in [0.5, 0.6) is 0 Å². The van der Waals surface area contributed by atoms with Gasteiger partial charge in [0.25, 0.3) is 0 Å². The zero-order chi connectivity index (χ0) is 24.8. The maximum absolute atomic E-state index is 13.5. The van der Waals surface area contributed by atoms with E-state index in [0.717, 1.165) is 16.1 Å². The van der Waals surface area contributed by atoms with E-state index in [2.05, 4.69) is 21.2 Å². The number of rotatable bonds is 10. The van der Waals surface area contributed by atoms with E-state index < -0.39 is 28.5 Å². The van der Waals surface area contributed by atoms with E-state index in [4.69, 9.17) is 11.6 Å². The lowest BCUT2D eigenvalue weighted by molar-refractivity contribution is -0.140. The molecule has 2 rings (SSSR count). The second kappa shape index (κ2) is 11.9. The summed E-state index contributed by atoms with van der Waals surface area (Å²) in [5.74, 6) is -0.774. The third-order valence-electron chi connectivity index (χ3n) is 4.86. The Balaban J connectivity index is 2.43. The summed E-state index contributed by atoms with van der Waals surface area (Å²) in [4.78, 5) is 27.9. The van der Waals surface area contributed by atoms with Gasteiger partial charge in [0.2, 0.25) is 21.8 Å². The number of nitrogens with zero attached hydrogens (tertiary/aromatic N) is 2. The molecule has 0 fully saturated rings. The summed E-state index contributed by atoms with van der Waals surface area (Å²) >= 11 is 9.32. The van der Waals surface area contributed by atoms with Crippen LogP contribution in [0.25, 0.3) is 0 Å². The summed E-state index contributed by atoms with van der Waals surface area (Å²) in [6.45, 7) is 5.20. The van der Waals surface area contributed by atoms with Crippen LogP contribution < -0.4 is 9.62 Å². The highest BCUT2D eigenvalue weighted by atomic mass is 79.9. The summed E-state index contributed by atoms with van der Waals surface area (Å²) < 4.78 is 26.8. The SMILES string of the molecule is CC[C@@H](C(=O)NC(C)C)N(Cc1ccc(Cl)cc1)C(=O)CN(c1cccc(Br)c1)S(C)(=O)=O. The van der Waals surface area contributed by atoms with Crippen LogP contribution >= 0.6 is 27.5 Å². The molecular weight excluding hydrogens is 530 g/mol. The molecule has 0 bridgehead atoms. The molecule has 0 heterocycles. The van der Waals surface area contributed by atoms with Crippen molar-refractivity contribution >= 4 is 55.1 Å². The van der Waals surface area contributed by atoms with Gasteiger partial charge in [0, 0.05) is 22.1 Å². The number of carbonyl (C=O) groups is 2. The van der Waals surface area contributed by atoms with E-state index in [-0.39, 0.29) is 18.5 Å². The van der Waals surface area contributed by atoms with Gasteiger partial charge in [-0.05, 0) is 56.2 Å². The molecule has 0 aliphatic rings. The molecule has 0 aliphatic carbocycles. The lowest BCUT2D eigenvalue weighted by atomic mass is 10.1. The van der Waals surface area contributed by atoms with Crippen LogP contribution in [-0.4, -0.2) is 50.0 Å². The first-order valence-corrected chi connectivity index (χ1v) is 13.5. The van der Waals surface area contributed by atoms with Crippen LogP contribution in [0.3, 0.4) is 0 Å². The topological polar surface area (TPSA) is 86.8 Å². The Kier molecular flexibility index (Phi) is 9.75. The molecule has 0 spiro atoms. The molecule has 1 atom stereocenters. The number of halogens is 2. The van der Waals surface area contributed by atoms with E-state index in [1.54, 1.807) is 48.5 Å². The van der Waals surface area contributed by atoms with Crippen LogP contribution in [0.4, 0.5) is 5.69 Å². The van der Waals surface area contributed by atoms with Crippen molar-refractivity contribution in [1.29, 1.82) is 0 Å². The molecule has 33 heavy (non-hydrogen) atoms. The van der Waals surface area contributed by atoms with E-state index in [0.29, 0.717) is 21.6 Å². The van der Waals surface area contributed by atoms with Gasteiger partial charge in [-0.2, -0.15) is 0 Å². The van der Waals surface area contributed by atoms with Crippen LogP contribution in [-0.2, 0) is 26.2 Å². The Labute approximate surface area is 209 Å². The average molecular weight is 559 g/mol. The standard InChI is InChI=1S/C23H29BrClN3O4S/c1-5-21(23(30)26-16(2)3)27(14-17-9-11-19(25)12-10-17)22(29)15-28(33(4,31)32)20-8-6-7-18(24)13-20/h6-13,16,21H,5,14-15H2,1-4H3,(H,26,30)/t21-/m0/s1. The van der Waals surface area contributed by atoms with Crippen molar-refractivity contribution in [3.63, 3.8) is 0 Å². The Morgan fingerprint density at radius 1 is 1.12 bits per heavy atom. The normalized spacial score (nSPS) is 12.3. The molecule has 10 heteroatoms. The first kappa shape index (κ1) is 27.1. The quantitative estimate of drug-likeness (QED) is 0.474. The number of hydrogen-bond donors (Lipinski definition) is 1. The maximum atomic E-state index is 13.5. The molecule has 0 saturated carbocycles. The van der Waals surface area contributed by atoms with Crippen LogP contribution in [0, 0.1) is 0 Å². The monoisotopic (exact) mass is 557 g/mol. The van der Waals surface area contributed by atoms with Crippen molar-refractivity contribution in [3.05, 3.63) is 63.6 Å².